The molecule has 14 heteroatoms. The van der Waals surface area contributed by atoms with E-state index in [0.29, 0.717) is 50.0 Å². The van der Waals surface area contributed by atoms with Gasteiger partial charge in [-0.1, -0.05) is 28.8 Å². The van der Waals surface area contributed by atoms with E-state index in [1.54, 1.807) is 4.90 Å². The second-order valence-electron chi connectivity index (χ2n) is 10.4. The zero-order valence-electron chi connectivity index (χ0n) is 23.0. The maximum atomic E-state index is 12.6. The number of nitro groups is 1. The molecule has 224 valence electrons. The van der Waals surface area contributed by atoms with Crippen LogP contribution in [0.5, 0.6) is 0 Å². The average Bonchev–Trinajstić information content (AvgIpc) is 3.21. The van der Waals surface area contributed by atoms with Crippen LogP contribution in [0.4, 0.5) is 19.7 Å². The lowest BCUT2D eigenvalue weighted by Crippen LogP contribution is -2.51. The number of carbonyl (C=O) groups is 4. The van der Waals surface area contributed by atoms with Crippen molar-refractivity contribution in [2.45, 2.75) is 31.7 Å². The summed E-state index contributed by atoms with van der Waals surface area (Å²) in [5.41, 5.74) is 0.664. The molecule has 1 atom stereocenters. The second-order valence-corrected chi connectivity index (χ2v) is 10.9. The summed E-state index contributed by atoms with van der Waals surface area (Å²) in [5.74, 6) is -0.868. The van der Waals surface area contributed by atoms with Crippen molar-refractivity contribution in [1.82, 2.24) is 19.8 Å². The van der Waals surface area contributed by atoms with E-state index >= 15 is 0 Å². The summed E-state index contributed by atoms with van der Waals surface area (Å²) in [7, 11) is 1.90. The predicted molar refractivity (Wildman–Crippen MR) is 149 cm³/mol. The number of fused-ring (bicyclic) bond motifs is 1. The maximum Gasteiger partial charge on any atom is 0.434 e. The molecule has 0 N–H and O–H groups in total. The Morgan fingerprint density at radius 2 is 1.81 bits per heavy atom. The standard InChI is InChI=1S/C21H27ClN4O4.C7H4FNO3/c1-23-12-13-25-18(14-23)19(27)26(20(25)28)30-21(29)24-10-8-16(9-11-24)3-2-15-4-6-17(22)7-5-15;8-6-2-1-5(4-10)3-7(6)9(11)12/h4-7,16,18H,2-3,8-14H2,1H3;1-4H. The van der Waals surface area contributed by atoms with Crippen LogP contribution in [0.2, 0.25) is 5.02 Å². The minimum atomic E-state index is -0.939. The molecule has 0 bridgehead atoms. The molecule has 42 heavy (non-hydrogen) atoms. The van der Waals surface area contributed by atoms with Crippen molar-refractivity contribution in [3.05, 3.63) is 74.5 Å². The highest BCUT2D eigenvalue weighted by atomic mass is 35.5. The molecule has 3 fully saturated rings. The number of hydroxylamine groups is 2. The number of aryl methyl sites for hydroxylation is 1. The number of halogens is 2. The SMILES string of the molecule is CN1CCN2C(=O)N(OC(=O)N3CCC(CCc4ccc(Cl)cc4)CC3)C(=O)C2C1.O=Cc1ccc(F)c([N+](=O)[O-])c1. The Morgan fingerprint density at radius 1 is 1.12 bits per heavy atom. The van der Waals surface area contributed by atoms with Crippen LogP contribution in [0.3, 0.4) is 0 Å². The third-order valence-electron chi connectivity index (χ3n) is 7.59. The topological polar surface area (TPSA) is 134 Å². The highest BCUT2D eigenvalue weighted by molar-refractivity contribution is 6.30. The lowest BCUT2D eigenvalue weighted by molar-refractivity contribution is -0.387. The van der Waals surface area contributed by atoms with Gasteiger partial charge in [0.15, 0.2) is 0 Å². The Labute approximate surface area is 246 Å². The number of likely N-dealkylation sites (tertiary alicyclic amines) is 1. The molecule has 0 aromatic heterocycles. The Balaban J connectivity index is 0.000000283. The van der Waals surface area contributed by atoms with E-state index < -0.39 is 40.5 Å². The second kappa shape index (κ2) is 13.7. The molecule has 1 unspecified atom stereocenters. The van der Waals surface area contributed by atoms with Crippen LogP contribution in [0.1, 0.15) is 35.2 Å². The number of imide groups is 1. The molecule has 4 amide bonds. The van der Waals surface area contributed by atoms with E-state index in [1.165, 1.54) is 16.5 Å². The van der Waals surface area contributed by atoms with Crippen LogP contribution in [0.25, 0.3) is 0 Å². The summed E-state index contributed by atoms with van der Waals surface area (Å²) in [6.07, 6.45) is 3.59. The van der Waals surface area contributed by atoms with E-state index in [4.69, 9.17) is 16.4 Å². The van der Waals surface area contributed by atoms with Gasteiger partial charge in [0.1, 0.15) is 12.3 Å². The lowest BCUT2D eigenvalue weighted by atomic mass is 9.91. The van der Waals surface area contributed by atoms with Gasteiger partial charge in [-0.15, -0.1) is 0 Å². The van der Waals surface area contributed by atoms with Crippen LogP contribution in [-0.2, 0) is 16.1 Å². The molecular formula is C28H31ClFN5O7. The van der Waals surface area contributed by atoms with Gasteiger partial charge in [-0.05, 0) is 68.5 Å². The van der Waals surface area contributed by atoms with Gasteiger partial charge < -0.3 is 19.5 Å². The lowest BCUT2D eigenvalue weighted by Gasteiger charge is -2.32. The first-order valence-corrected chi connectivity index (χ1v) is 13.9. The number of piperazine rings is 1. The van der Waals surface area contributed by atoms with E-state index in [0.717, 1.165) is 42.8 Å². The zero-order valence-corrected chi connectivity index (χ0v) is 23.7. The molecule has 3 heterocycles. The van der Waals surface area contributed by atoms with Gasteiger partial charge in [-0.3, -0.25) is 19.7 Å². The molecule has 0 spiro atoms. The first-order valence-electron chi connectivity index (χ1n) is 13.5. The van der Waals surface area contributed by atoms with Crippen molar-refractivity contribution >= 4 is 41.6 Å². The van der Waals surface area contributed by atoms with Gasteiger partial charge in [0.25, 0.3) is 5.91 Å². The van der Waals surface area contributed by atoms with Gasteiger partial charge in [-0.25, -0.2) is 9.59 Å². The van der Waals surface area contributed by atoms with Crippen molar-refractivity contribution in [2.75, 3.05) is 39.8 Å². The Hall–Kier alpha value is -4.10. The number of rotatable bonds is 6. The molecule has 2 aromatic carbocycles. The number of hydrogen-bond acceptors (Lipinski definition) is 8. The largest absolute Gasteiger partial charge is 0.434 e. The van der Waals surface area contributed by atoms with E-state index in [9.17, 15) is 33.7 Å². The summed E-state index contributed by atoms with van der Waals surface area (Å²) in [6.45, 7) is 2.74. The van der Waals surface area contributed by atoms with E-state index in [2.05, 4.69) is 0 Å². The number of piperidine rings is 1. The van der Waals surface area contributed by atoms with Crippen LogP contribution in [0, 0.1) is 21.8 Å². The van der Waals surface area contributed by atoms with Crippen molar-refractivity contribution in [3.63, 3.8) is 0 Å². The average molecular weight is 604 g/mol. The number of carbonyl (C=O) groups excluding carboxylic acids is 4. The summed E-state index contributed by atoms with van der Waals surface area (Å²) in [4.78, 5) is 67.3. The first kappa shape index (κ1) is 30.8. The first-order chi connectivity index (χ1) is 20.1. The predicted octanol–water partition coefficient (Wildman–Crippen LogP) is 4.16. The van der Waals surface area contributed by atoms with Crippen LogP contribution in [0.15, 0.2) is 42.5 Å². The summed E-state index contributed by atoms with van der Waals surface area (Å²) >= 11 is 5.93. The van der Waals surface area contributed by atoms with E-state index in [-0.39, 0.29) is 5.56 Å². The molecule has 3 aliphatic rings. The number of hydrogen-bond donors (Lipinski definition) is 0. The van der Waals surface area contributed by atoms with Gasteiger partial charge in [0.2, 0.25) is 5.82 Å². The third kappa shape index (κ3) is 7.39. The highest BCUT2D eigenvalue weighted by Crippen LogP contribution is 2.26. The fourth-order valence-electron chi connectivity index (χ4n) is 5.09. The molecular weight excluding hydrogens is 573 g/mol. The monoisotopic (exact) mass is 603 g/mol. The molecule has 3 aliphatic heterocycles. The van der Waals surface area contributed by atoms with Crippen LogP contribution in [-0.4, -0.2) is 94.8 Å². The molecule has 3 saturated heterocycles. The van der Waals surface area contributed by atoms with Crippen molar-refractivity contribution in [2.24, 2.45) is 5.92 Å². The Kier molecular flexibility index (Phi) is 10.1. The molecule has 0 radical (unpaired) electrons. The molecule has 0 aliphatic carbocycles. The number of nitrogens with zero attached hydrogens (tertiary/aromatic N) is 5. The van der Waals surface area contributed by atoms with Crippen molar-refractivity contribution in [3.8, 4) is 0 Å². The maximum absolute atomic E-state index is 12.6. The number of aldehydes is 1. The van der Waals surface area contributed by atoms with Gasteiger partial charge in [-0.2, -0.15) is 4.39 Å². The normalized spacial score (nSPS) is 19.2. The smallest absolute Gasteiger partial charge is 0.309 e. The number of amides is 4. The third-order valence-corrected chi connectivity index (χ3v) is 7.84. The fraction of sp³-hybridized carbons (Fsp3) is 0.429. The Morgan fingerprint density at radius 3 is 2.45 bits per heavy atom. The number of urea groups is 1. The van der Waals surface area contributed by atoms with Crippen molar-refractivity contribution in [1.29, 1.82) is 0 Å². The van der Waals surface area contributed by atoms with Crippen molar-refractivity contribution < 1.29 is 33.3 Å². The zero-order chi connectivity index (χ0) is 30.4. The summed E-state index contributed by atoms with van der Waals surface area (Å²) in [5, 5.41) is 11.5. The minimum absolute atomic E-state index is 0.0862. The van der Waals surface area contributed by atoms with Crippen LogP contribution < -0.4 is 0 Å². The van der Waals surface area contributed by atoms with E-state index in [1.807, 2.05) is 36.2 Å². The van der Waals surface area contributed by atoms with Gasteiger partial charge in [0.05, 0.1) is 4.92 Å². The Bertz CT molecular complexity index is 1340. The van der Waals surface area contributed by atoms with Gasteiger partial charge >= 0.3 is 17.8 Å². The summed E-state index contributed by atoms with van der Waals surface area (Å²) < 4.78 is 12.6. The van der Waals surface area contributed by atoms with Gasteiger partial charge in [0, 0.05) is 49.4 Å². The minimum Gasteiger partial charge on any atom is -0.309 e. The molecule has 5 rings (SSSR count). The summed E-state index contributed by atoms with van der Waals surface area (Å²) in [6, 6.07) is 9.75. The number of likely N-dealkylation sites (N-methyl/N-ethyl adjacent to an activating group) is 1. The van der Waals surface area contributed by atoms with Crippen LogP contribution >= 0.6 is 11.6 Å². The quantitative estimate of drug-likeness (QED) is 0.208. The molecule has 2 aromatic rings. The fourth-order valence-corrected chi connectivity index (χ4v) is 5.22. The number of nitro benzene ring substituents is 1. The molecule has 0 saturated carbocycles. The highest BCUT2D eigenvalue weighted by Gasteiger charge is 2.50. The molecule has 12 nitrogen and oxygen atoms in total. The number of benzene rings is 2.